The molecule has 0 saturated heterocycles. The molecule has 1 aromatic carbocycles. The summed E-state index contributed by atoms with van der Waals surface area (Å²) >= 11 is 10.8. The molecule has 0 bridgehead atoms. The first kappa shape index (κ1) is 17.3. The third-order valence-electron chi connectivity index (χ3n) is 2.48. The average Bonchev–Trinajstić information content (AvgIpc) is 2.45. The van der Waals surface area contributed by atoms with Crippen molar-refractivity contribution in [1.82, 2.24) is 10.7 Å². The zero-order valence-electron chi connectivity index (χ0n) is 11.6. The van der Waals surface area contributed by atoms with Crippen LogP contribution in [-0.2, 0) is 4.74 Å². The van der Waals surface area contributed by atoms with Gasteiger partial charge in [0, 0.05) is 25.3 Å². The molecule has 0 aromatic heterocycles. The molecule has 2 N–H and O–H groups in total. The smallest absolute Gasteiger partial charge is 0.288 e. The Morgan fingerprint density at radius 3 is 2.90 bits per heavy atom. The highest BCUT2D eigenvalue weighted by Crippen LogP contribution is 2.25. The van der Waals surface area contributed by atoms with Gasteiger partial charge in [0.05, 0.1) is 17.2 Å². The van der Waals surface area contributed by atoms with Gasteiger partial charge in [-0.15, -0.1) is 0 Å². The number of hydrazone groups is 1. The van der Waals surface area contributed by atoms with E-state index < -0.39 is 4.92 Å². The molecule has 9 heteroatoms. The highest BCUT2D eigenvalue weighted by atomic mass is 35.5. The van der Waals surface area contributed by atoms with E-state index in [9.17, 15) is 10.1 Å². The summed E-state index contributed by atoms with van der Waals surface area (Å²) in [5, 5.41) is 18.2. The standard InChI is InChI=1S/C12H15ClN4O3S/c1-8(15-16-12(21)14-5-6-20-2)9-3-4-10(13)11(7-9)17(18)19/h3-4,7H,5-6H2,1-2H3,(H2,14,16,21)/b15-8-. The Balaban J connectivity index is 2.72. The van der Waals surface area contributed by atoms with E-state index >= 15 is 0 Å². The van der Waals surface area contributed by atoms with Gasteiger partial charge in [-0.05, 0) is 25.2 Å². The first-order valence-electron chi connectivity index (χ1n) is 5.97. The molecule has 0 aliphatic heterocycles. The van der Waals surface area contributed by atoms with Gasteiger partial charge in [-0.25, -0.2) is 0 Å². The number of nitrogens with zero attached hydrogens (tertiary/aromatic N) is 2. The second kappa shape index (κ2) is 8.50. The van der Waals surface area contributed by atoms with Crippen LogP contribution < -0.4 is 10.7 Å². The van der Waals surface area contributed by atoms with Gasteiger partial charge in [0.2, 0.25) is 0 Å². The summed E-state index contributed by atoms with van der Waals surface area (Å²) in [5.41, 5.74) is 3.62. The summed E-state index contributed by atoms with van der Waals surface area (Å²) in [4.78, 5) is 10.3. The summed E-state index contributed by atoms with van der Waals surface area (Å²) in [6, 6.07) is 4.48. The summed E-state index contributed by atoms with van der Waals surface area (Å²) in [6.07, 6.45) is 0. The predicted octanol–water partition coefficient (Wildman–Crippen LogP) is 2.08. The molecule has 0 radical (unpaired) electrons. The van der Waals surface area contributed by atoms with Crippen LogP contribution in [0.25, 0.3) is 0 Å². The van der Waals surface area contributed by atoms with Crippen molar-refractivity contribution in [1.29, 1.82) is 0 Å². The Bertz CT molecular complexity index is 565. The third kappa shape index (κ3) is 5.62. The SMILES string of the molecule is COCCNC(=S)N/N=C(/C)c1ccc(Cl)c([N+](=O)[O-])c1. The van der Waals surface area contributed by atoms with Crippen LogP contribution in [0.1, 0.15) is 12.5 Å². The molecule has 0 saturated carbocycles. The maximum Gasteiger partial charge on any atom is 0.288 e. The van der Waals surface area contributed by atoms with Crippen LogP contribution in [0.15, 0.2) is 23.3 Å². The number of nitro benzene ring substituents is 1. The molecule has 21 heavy (non-hydrogen) atoms. The number of methoxy groups -OCH3 is 1. The van der Waals surface area contributed by atoms with Crippen LogP contribution in [0, 0.1) is 10.1 Å². The minimum atomic E-state index is -0.538. The minimum absolute atomic E-state index is 0.0845. The van der Waals surface area contributed by atoms with Crippen LogP contribution in [0.3, 0.4) is 0 Å². The first-order valence-corrected chi connectivity index (χ1v) is 6.75. The van der Waals surface area contributed by atoms with Crippen LogP contribution in [0.5, 0.6) is 0 Å². The van der Waals surface area contributed by atoms with Crippen molar-refractivity contribution in [2.75, 3.05) is 20.3 Å². The van der Waals surface area contributed by atoms with Crippen LogP contribution in [-0.4, -0.2) is 36.0 Å². The molecule has 0 heterocycles. The molecule has 0 atom stereocenters. The minimum Gasteiger partial charge on any atom is -0.383 e. The van der Waals surface area contributed by atoms with Crippen LogP contribution in [0.4, 0.5) is 5.69 Å². The monoisotopic (exact) mass is 330 g/mol. The number of nitro groups is 1. The van der Waals surface area contributed by atoms with Gasteiger partial charge in [-0.3, -0.25) is 15.5 Å². The molecule has 1 rings (SSSR count). The molecule has 0 aliphatic rings. The Labute approximate surface area is 132 Å². The molecular formula is C12H15ClN4O3S. The Hall–Kier alpha value is -1.77. The number of ether oxygens (including phenoxy) is 1. The first-order chi connectivity index (χ1) is 9.95. The van der Waals surface area contributed by atoms with Crippen molar-refractivity contribution < 1.29 is 9.66 Å². The van der Waals surface area contributed by atoms with Crippen molar-refractivity contribution in [2.45, 2.75) is 6.92 Å². The number of thiocarbonyl (C=S) groups is 1. The topological polar surface area (TPSA) is 88.8 Å². The maximum absolute atomic E-state index is 10.8. The van der Waals surface area contributed by atoms with Crippen molar-refractivity contribution >= 4 is 40.3 Å². The van der Waals surface area contributed by atoms with Crippen molar-refractivity contribution in [3.63, 3.8) is 0 Å². The number of hydrogen-bond acceptors (Lipinski definition) is 5. The second-order valence-corrected chi connectivity index (χ2v) is 4.80. The van der Waals surface area contributed by atoms with E-state index in [1.54, 1.807) is 20.1 Å². The van der Waals surface area contributed by atoms with Crippen molar-refractivity contribution in [2.24, 2.45) is 5.10 Å². The number of hydrogen-bond donors (Lipinski definition) is 2. The van der Waals surface area contributed by atoms with Gasteiger partial charge < -0.3 is 10.1 Å². The number of halogens is 1. The van der Waals surface area contributed by atoms with Gasteiger partial charge in [-0.1, -0.05) is 17.7 Å². The van der Waals surface area contributed by atoms with Crippen LogP contribution >= 0.6 is 23.8 Å². The molecule has 0 aliphatic carbocycles. The summed E-state index contributed by atoms with van der Waals surface area (Å²) < 4.78 is 4.87. The zero-order valence-corrected chi connectivity index (χ0v) is 13.1. The van der Waals surface area contributed by atoms with E-state index in [1.807, 2.05) is 0 Å². The maximum atomic E-state index is 10.8. The Kier molecular flexibility index (Phi) is 7.00. The fourth-order valence-electron chi connectivity index (χ4n) is 1.38. The highest BCUT2D eigenvalue weighted by Gasteiger charge is 2.13. The fourth-order valence-corrected chi connectivity index (χ4v) is 1.72. The Morgan fingerprint density at radius 1 is 1.57 bits per heavy atom. The molecule has 0 unspecified atom stereocenters. The Morgan fingerprint density at radius 2 is 2.29 bits per heavy atom. The van der Waals surface area contributed by atoms with Gasteiger partial charge in [0.1, 0.15) is 5.02 Å². The van der Waals surface area contributed by atoms with Gasteiger partial charge in [-0.2, -0.15) is 5.10 Å². The molecule has 0 fully saturated rings. The van der Waals surface area contributed by atoms with Gasteiger partial charge in [0.15, 0.2) is 5.11 Å². The summed E-state index contributed by atoms with van der Waals surface area (Å²) in [7, 11) is 1.59. The van der Waals surface area contributed by atoms with E-state index in [2.05, 4.69) is 15.8 Å². The lowest BCUT2D eigenvalue weighted by molar-refractivity contribution is -0.384. The lowest BCUT2D eigenvalue weighted by Gasteiger charge is -2.07. The van der Waals surface area contributed by atoms with Crippen LogP contribution in [0.2, 0.25) is 5.02 Å². The molecule has 1 aromatic rings. The second-order valence-electron chi connectivity index (χ2n) is 3.98. The number of nitrogens with one attached hydrogen (secondary N) is 2. The zero-order chi connectivity index (χ0) is 15.8. The van der Waals surface area contributed by atoms with Crippen molar-refractivity contribution in [3.8, 4) is 0 Å². The average molecular weight is 331 g/mol. The normalized spacial score (nSPS) is 11.1. The highest BCUT2D eigenvalue weighted by molar-refractivity contribution is 7.80. The van der Waals surface area contributed by atoms with E-state index in [4.69, 9.17) is 28.6 Å². The molecule has 114 valence electrons. The van der Waals surface area contributed by atoms with E-state index in [0.29, 0.717) is 29.5 Å². The predicted molar refractivity (Wildman–Crippen MR) is 85.9 cm³/mol. The third-order valence-corrected chi connectivity index (χ3v) is 3.03. The number of rotatable bonds is 6. The lowest BCUT2D eigenvalue weighted by atomic mass is 10.1. The summed E-state index contributed by atoms with van der Waals surface area (Å²) in [5.74, 6) is 0. The quantitative estimate of drug-likeness (QED) is 0.273. The van der Waals surface area contributed by atoms with E-state index in [0.717, 1.165) is 0 Å². The molecule has 7 nitrogen and oxygen atoms in total. The summed E-state index contributed by atoms with van der Waals surface area (Å²) in [6.45, 7) is 2.79. The van der Waals surface area contributed by atoms with Gasteiger partial charge in [0.25, 0.3) is 5.69 Å². The van der Waals surface area contributed by atoms with E-state index in [1.165, 1.54) is 12.1 Å². The van der Waals surface area contributed by atoms with E-state index in [-0.39, 0.29) is 10.7 Å². The molecule has 0 amide bonds. The molecule has 0 spiro atoms. The number of benzene rings is 1. The lowest BCUT2D eigenvalue weighted by Crippen LogP contribution is -2.34. The largest absolute Gasteiger partial charge is 0.383 e. The fraction of sp³-hybridized carbons (Fsp3) is 0.333. The van der Waals surface area contributed by atoms with Crippen molar-refractivity contribution in [3.05, 3.63) is 38.9 Å². The molecular weight excluding hydrogens is 316 g/mol. The van der Waals surface area contributed by atoms with Gasteiger partial charge >= 0.3 is 0 Å².